The minimum atomic E-state index is -0.342. The standard InChI is InChI=1S/C21H28N4O3S/c1-14(2)25(15(3)4)20(28)13-29-21-23-17(11-19(27)24-21)10-18(26)22-12-16-8-6-5-7-9-16/h5-9,11,14-15H,10,12-13H2,1-4H3,(H,22,26)(H,23,24,27). The number of thioether (sulfide) groups is 1. The maximum atomic E-state index is 12.5. The number of aromatic nitrogens is 2. The first-order chi connectivity index (χ1) is 13.8. The second-order valence-corrected chi connectivity index (χ2v) is 8.22. The van der Waals surface area contributed by atoms with E-state index in [2.05, 4.69) is 15.3 Å². The van der Waals surface area contributed by atoms with Crippen LogP contribution < -0.4 is 10.9 Å². The number of hydrogen-bond acceptors (Lipinski definition) is 5. The third kappa shape index (κ3) is 7.38. The molecule has 2 N–H and O–H groups in total. The molecule has 0 saturated carbocycles. The molecular weight excluding hydrogens is 388 g/mol. The Bertz CT molecular complexity index is 873. The number of benzene rings is 1. The highest BCUT2D eigenvalue weighted by Crippen LogP contribution is 2.15. The molecule has 0 aliphatic carbocycles. The van der Waals surface area contributed by atoms with Crippen molar-refractivity contribution in [3.8, 4) is 0 Å². The van der Waals surface area contributed by atoms with Crippen molar-refractivity contribution in [3.63, 3.8) is 0 Å². The Morgan fingerprint density at radius 1 is 1.14 bits per heavy atom. The predicted molar refractivity (Wildman–Crippen MR) is 115 cm³/mol. The Morgan fingerprint density at radius 2 is 1.79 bits per heavy atom. The van der Waals surface area contributed by atoms with Crippen molar-refractivity contribution in [2.24, 2.45) is 0 Å². The number of carbonyl (C=O) groups is 2. The summed E-state index contributed by atoms with van der Waals surface area (Å²) in [6.07, 6.45) is 0.00235. The molecule has 156 valence electrons. The first-order valence-corrected chi connectivity index (χ1v) is 10.6. The van der Waals surface area contributed by atoms with Crippen molar-refractivity contribution in [1.82, 2.24) is 20.2 Å². The van der Waals surface area contributed by atoms with E-state index in [1.165, 1.54) is 17.8 Å². The van der Waals surface area contributed by atoms with Gasteiger partial charge in [-0.2, -0.15) is 0 Å². The van der Waals surface area contributed by atoms with E-state index in [9.17, 15) is 14.4 Å². The lowest BCUT2D eigenvalue weighted by molar-refractivity contribution is -0.131. The topological polar surface area (TPSA) is 95.2 Å². The average Bonchev–Trinajstić information content (AvgIpc) is 2.64. The van der Waals surface area contributed by atoms with E-state index in [1.54, 1.807) is 4.90 Å². The van der Waals surface area contributed by atoms with E-state index in [0.29, 0.717) is 17.4 Å². The molecule has 2 aromatic rings. The number of aromatic amines is 1. The van der Waals surface area contributed by atoms with Crippen LogP contribution in [0.5, 0.6) is 0 Å². The molecule has 1 aromatic heterocycles. The molecule has 0 aliphatic heterocycles. The summed E-state index contributed by atoms with van der Waals surface area (Å²) >= 11 is 1.17. The molecule has 2 rings (SSSR count). The van der Waals surface area contributed by atoms with Gasteiger partial charge in [0, 0.05) is 24.7 Å². The summed E-state index contributed by atoms with van der Waals surface area (Å²) < 4.78 is 0. The van der Waals surface area contributed by atoms with Gasteiger partial charge in [-0.25, -0.2) is 4.98 Å². The highest BCUT2D eigenvalue weighted by Gasteiger charge is 2.20. The number of rotatable bonds is 9. The normalized spacial score (nSPS) is 11.0. The highest BCUT2D eigenvalue weighted by atomic mass is 32.2. The van der Waals surface area contributed by atoms with Gasteiger partial charge >= 0.3 is 0 Å². The van der Waals surface area contributed by atoms with Crippen LogP contribution in [0.15, 0.2) is 46.3 Å². The zero-order valence-corrected chi connectivity index (χ0v) is 18.1. The van der Waals surface area contributed by atoms with E-state index < -0.39 is 0 Å². The molecule has 1 heterocycles. The van der Waals surface area contributed by atoms with Crippen LogP contribution in [0.4, 0.5) is 0 Å². The van der Waals surface area contributed by atoms with Gasteiger partial charge in [-0.3, -0.25) is 14.4 Å². The minimum Gasteiger partial charge on any atom is -0.352 e. The maximum Gasteiger partial charge on any atom is 0.251 e. The quantitative estimate of drug-likeness (QED) is 0.483. The number of amides is 2. The molecule has 0 radical (unpaired) electrons. The number of nitrogens with zero attached hydrogens (tertiary/aromatic N) is 2. The van der Waals surface area contributed by atoms with Gasteiger partial charge in [-0.05, 0) is 33.3 Å². The van der Waals surface area contributed by atoms with Crippen LogP contribution in [0, 0.1) is 0 Å². The molecule has 0 spiro atoms. The predicted octanol–water partition coefficient (Wildman–Crippen LogP) is 2.37. The molecule has 0 unspecified atom stereocenters. The van der Waals surface area contributed by atoms with Crippen LogP contribution in [-0.2, 0) is 22.6 Å². The number of nitrogens with one attached hydrogen (secondary N) is 2. The van der Waals surface area contributed by atoms with Crippen molar-refractivity contribution < 1.29 is 9.59 Å². The van der Waals surface area contributed by atoms with Crippen molar-refractivity contribution in [2.45, 2.75) is 57.9 Å². The van der Waals surface area contributed by atoms with Crippen molar-refractivity contribution in [1.29, 1.82) is 0 Å². The monoisotopic (exact) mass is 416 g/mol. The Labute approximate surface area is 175 Å². The first kappa shape index (κ1) is 22.7. The summed E-state index contributed by atoms with van der Waals surface area (Å²) in [5.74, 6) is -0.0680. The zero-order valence-electron chi connectivity index (χ0n) is 17.3. The van der Waals surface area contributed by atoms with Crippen molar-refractivity contribution in [2.75, 3.05) is 5.75 Å². The molecule has 29 heavy (non-hydrogen) atoms. The number of H-pyrrole nitrogens is 1. The SMILES string of the molecule is CC(C)N(C(=O)CSc1nc(CC(=O)NCc2ccccc2)cc(=O)[nH]1)C(C)C. The Morgan fingerprint density at radius 3 is 2.41 bits per heavy atom. The number of carbonyl (C=O) groups excluding carboxylic acids is 2. The van der Waals surface area contributed by atoms with E-state index in [1.807, 2.05) is 58.0 Å². The summed E-state index contributed by atoms with van der Waals surface area (Å²) in [5.41, 5.74) is 1.03. The number of hydrogen-bond donors (Lipinski definition) is 2. The van der Waals surface area contributed by atoms with Gasteiger partial charge in [-0.1, -0.05) is 42.1 Å². The summed E-state index contributed by atoms with van der Waals surface area (Å²) in [6.45, 7) is 8.29. The van der Waals surface area contributed by atoms with Gasteiger partial charge in [0.2, 0.25) is 11.8 Å². The zero-order chi connectivity index (χ0) is 21.4. The summed E-state index contributed by atoms with van der Waals surface area (Å²) in [7, 11) is 0. The lowest BCUT2D eigenvalue weighted by Crippen LogP contribution is -2.43. The largest absolute Gasteiger partial charge is 0.352 e. The van der Waals surface area contributed by atoms with Crippen molar-refractivity contribution in [3.05, 3.63) is 58.0 Å². The highest BCUT2D eigenvalue weighted by molar-refractivity contribution is 7.99. The van der Waals surface area contributed by atoms with Crippen LogP contribution in [0.1, 0.15) is 39.0 Å². The Kier molecular flexibility index (Phi) is 8.45. The van der Waals surface area contributed by atoms with Crippen LogP contribution in [0.3, 0.4) is 0 Å². The first-order valence-electron chi connectivity index (χ1n) is 9.61. The summed E-state index contributed by atoms with van der Waals surface area (Å²) in [4.78, 5) is 45.4. The fourth-order valence-corrected chi connectivity index (χ4v) is 3.81. The van der Waals surface area contributed by atoms with Crippen LogP contribution in [0.2, 0.25) is 0 Å². The fourth-order valence-electron chi connectivity index (χ4n) is 3.04. The Hall–Kier alpha value is -2.61. The van der Waals surface area contributed by atoms with Gasteiger partial charge < -0.3 is 15.2 Å². The smallest absolute Gasteiger partial charge is 0.251 e. The van der Waals surface area contributed by atoms with E-state index in [4.69, 9.17) is 0 Å². The molecule has 1 aromatic carbocycles. The second-order valence-electron chi connectivity index (χ2n) is 7.26. The lowest BCUT2D eigenvalue weighted by atomic mass is 10.2. The van der Waals surface area contributed by atoms with Gasteiger partial charge in [0.1, 0.15) is 0 Å². The van der Waals surface area contributed by atoms with Crippen molar-refractivity contribution >= 4 is 23.6 Å². The van der Waals surface area contributed by atoms with Crippen LogP contribution >= 0.6 is 11.8 Å². The summed E-state index contributed by atoms with van der Waals surface area (Å²) in [5, 5.41) is 3.15. The van der Waals surface area contributed by atoms with E-state index in [-0.39, 0.29) is 41.6 Å². The Balaban J connectivity index is 1.95. The van der Waals surface area contributed by atoms with Gasteiger partial charge in [0.05, 0.1) is 17.9 Å². The van der Waals surface area contributed by atoms with Gasteiger partial charge in [0.25, 0.3) is 5.56 Å². The third-order valence-electron chi connectivity index (χ3n) is 4.18. The second kappa shape index (κ2) is 10.8. The molecule has 0 atom stereocenters. The van der Waals surface area contributed by atoms with Crippen LogP contribution in [0.25, 0.3) is 0 Å². The third-order valence-corrected chi connectivity index (χ3v) is 5.04. The molecule has 2 amide bonds. The maximum absolute atomic E-state index is 12.5. The van der Waals surface area contributed by atoms with Gasteiger partial charge in [-0.15, -0.1) is 0 Å². The molecule has 0 saturated heterocycles. The fraction of sp³-hybridized carbons (Fsp3) is 0.429. The molecule has 0 bridgehead atoms. The molecule has 0 aliphatic rings. The molecule has 8 heteroatoms. The molecular formula is C21H28N4O3S. The molecule has 0 fully saturated rings. The lowest BCUT2D eigenvalue weighted by Gasteiger charge is -2.30. The van der Waals surface area contributed by atoms with E-state index in [0.717, 1.165) is 5.56 Å². The minimum absolute atomic E-state index is 0.00235. The molecule has 7 nitrogen and oxygen atoms in total. The van der Waals surface area contributed by atoms with Gasteiger partial charge in [0.15, 0.2) is 5.16 Å². The average molecular weight is 417 g/mol. The van der Waals surface area contributed by atoms with E-state index >= 15 is 0 Å². The van der Waals surface area contributed by atoms with Crippen LogP contribution in [-0.4, -0.2) is 44.5 Å². The summed E-state index contributed by atoms with van der Waals surface area (Å²) in [6, 6.07) is 11.1.